The number of hydrogen-bond acceptors (Lipinski definition) is 5. The zero-order valence-electron chi connectivity index (χ0n) is 13.4. The summed E-state index contributed by atoms with van der Waals surface area (Å²) in [6.45, 7) is -0.0744. The third-order valence-corrected chi connectivity index (χ3v) is 5.35. The van der Waals surface area contributed by atoms with Crippen LogP contribution in [-0.2, 0) is 21.4 Å². The summed E-state index contributed by atoms with van der Waals surface area (Å²) in [5.74, 6) is -0.576. The molecule has 6 nitrogen and oxygen atoms in total. The van der Waals surface area contributed by atoms with Crippen molar-refractivity contribution in [3.8, 4) is 5.75 Å². The highest BCUT2D eigenvalue weighted by molar-refractivity contribution is 7.89. The Morgan fingerprint density at radius 1 is 1.16 bits per heavy atom. The Labute approximate surface area is 155 Å². The lowest BCUT2D eigenvalue weighted by atomic mass is 10.2. The smallest absolute Gasteiger partial charge is 0.338 e. The molecule has 9 heteroatoms. The van der Waals surface area contributed by atoms with Crippen LogP contribution in [0, 0.1) is 0 Å². The first kappa shape index (κ1) is 19.5. The number of hydrogen-bond donors (Lipinski definition) is 1. The first-order chi connectivity index (χ1) is 11.8. The summed E-state index contributed by atoms with van der Waals surface area (Å²) in [4.78, 5) is 12.1. The summed E-state index contributed by atoms with van der Waals surface area (Å²) < 4.78 is 36.5. The number of carbonyl (C=O) groups is 1. The van der Waals surface area contributed by atoms with Crippen LogP contribution in [0.4, 0.5) is 0 Å². The standard InChI is InChI=1S/C16H15Cl2NO5S/c1-19-25(21,22)15-7-10(4-6-14(15)23-2)16(20)24-9-11-3-5-12(17)8-13(11)18/h3-8,19H,9H2,1-2H3. The van der Waals surface area contributed by atoms with Crippen molar-refractivity contribution >= 4 is 39.2 Å². The summed E-state index contributed by atoms with van der Waals surface area (Å²) >= 11 is 11.8. The van der Waals surface area contributed by atoms with E-state index in [-0.39, 0.29) is 22.8 Å². The number of sulfonamides is 1. The van der Waals surface area contributed by atoms with E-state index in [0.717, 1.165) is 0 Å². The lowest BCUT2D eigenvalue weighted by molar-refractivity contribution is 0.0472. The second-order valence-electron chi connectivity index (χ2n) is 4.89. The fourth-order valence-corrected chi connectivity index (χ4v) is 3.37. The van der Waals surface area contributed by atoms with Crippen molar-refractivity contribution in [1.29, 1.82) is 0 Å². The summed E-state index contributed by atoms with van der Waals surface area (Å²) in [6.07, 6.45) is 0. The number of methoxy groups -OCH3 is 1. The molecule has 2 aromatic carbocycles. The van der Waals surface area contributed by atoms with Crippen LogP contribution in [0.25, 0.3) is 0 Å². The molecule has 2 aromatic rings. The maximum absolute atomic E-state index is 12.2. The number of ether oxygens (including phenoxy) is 2. The van der Waals surface area contributed by atoms with E-state index in [1.54, 1.807) is 12.1 Å². The van der Waals surface area contributed by atoms with Crippen molar-refractivity contribution in [1.82, 2.24) is 4.72 Å². The van der Waals surface area contributed by atoms with Gasteiger partial charge in [-0.3, -0.25) is 0 Å². The second kappa shape index (κ2) is 8.05. The minimum Gasteiger partial charge on any atom is -0.495 e. The number of esters is 1. The molecule has 0 amide bonds. The average molecular weight is 404 g/mol. The Hall–Kier alpha value is -1.80. The van der Waals surface area contributed by atoms with E-state index >= 15 is 0 Å². The van der Waals surface area contributed by atoms with Crippen LogP contribution in [0.1, 0.15) is 15.9 Å². The molecular weight excluding hydrogens is 389 g/mol. The first-order valence-corrected chi connectivity index (χ1v) is 9.25. The molecule has 0 aliphatic rings. The van der Waals surface area contributed by atoms with Crippen LogP contribution in [0.5, 0.6) is 5.75 Å². The van der Waals surface area contributed by atoms with Gasteiger partial charge in [0.2, 0.25) is 10.0 Å². The van der Waals surface area contributed by atoms with E-state index in [0.29, 0.717) is 15.6 Å². The number of rotatable bonds is 6. The Morgan fingerprint density at radius 3 is 2.48 bits per heavy atom. The molecule has 0 aliphatic carbocycles. The van der Waals surface area contributed by atoms with E-state index in [4.69, 9.17) is 32.7 Å². The zero-order chi connectivity index (χ0) is 18.6. The molecule has 134 valence electrons. The first-order valence-electron chi connectivity index (χ1n) is 7.01. The third kappa shape index (κ3) is 4.64. The van der Waals surface area contributed by atoms with Gasteiger partial charge in [0.25, 0.3) is 0 Å². The summed E-state index contributed by atoms with van der Waals surface area (Å²) in [6, 6.07) is 8.80. The van der Waals surface area contributed by atoms with E-state index in [1.165, 1.54) is 38.4 Å². The van der Waals surface area contributed by atoms with Crippen LogP contribution < -0.4 is 9.46 Å². The lowest BCUT2D eigenvalue weighted by Gasteiger charge is -2.11. The van der Waals surface area contributed by atoms with Gasteiger partial charge < -0.3 is 9.47 Å². The van der Waals surface area contributed by atoms with Crippen LogP contribution in [0.3, 0.4) is 0 Å². The van der Waals surface area contributed by atoms with E-state index in [1.807, 2.05) is 0 Å². The van der Waals surface area contributed by atoms with Crippen molar-refractivity contribution < 1.29 is 22.7 Å². The molecule has 0 bridgehead atoms. The number of nitrogens with one attached hydrogen (secondary N) is 1. The predicted molar refractivity (Wildman–Crippen MR) is 94.8 cm³/mol. The maximum Gasteiger partial charge on any atom is 0.338 e. The topological polar surface area (TPSA) is 81.7 Å². The highest BCUT2D eigenvalue weighted by Crippen LogP contribution is 2.26. The largest absolute Gasteiger partial charge is 0.495 e. The van der Waals surface area contributed by atoms with Gasteiger partial charge in [-0.2, -0.15) is 0 Å². The summed E-state index contributed by atoms with van der Waals surface area (Å²) in [5, 5.41) is 0.839. The molecule has 2 rings (SSSR count). The quantitative estimate of drug-likeness (QED) is 0.748. The maximum atomic E-state index is 12.2. The molecule has 0 aliphatic heterocycles. The van der Waals surface area contributed by atoms with Crippen molar-refractivity contribution in [2.45, 2.75) is 11.5 Å². The van der Waals surface area contributed by atoms with Gasteiger partial charge in [0.15, 0.2) is 0 Å². The van der Waals surface area contributed by atoms with E-state index < -0.39 is 16.0 Å². The van der Waals surface area contributed by atoms with Crippen LogP contribution in [-0.4, -0.2) is 28.5 Å². The van der Waals surface area contributed by atoms with E-state index in [2.05, 4.69) is 4.72 Å². The fourth-order valence-electron chi connectivity index (χ4n) is 1.99. The Bertz CT molecular complexity index is 899. The van der Waals surface area contributed by atoms with Gasteiger partial charge in [0.1, 0.15) is 17.3 Å². The lowest BCUT2D eigenvalue weighted by Crippen LogP contribution is -2.20. The predicted octanol–water partition coefficient (Wildman–Crippen LogP) is 3.27. The number of carbonyl (C=O) groups excluding carboxylic acids is 1. The van der Waals surface area contributed by atoms with Crippen molar-refractivity contribution in [3.63, 3.8) is 0 Å². The van der Waals surface area contributed by atoms with Crippen molar-refractivity contribution in [2.24, 2.45) is 0 Å². The Morgan fingerprint density at radius 2 is 1.88 bits per heavy atom. The minimum absolute atomic E-state index is 0.0692. The van der Waals surface area contributed by atoms with Gasteiger partial charge in [-0.1, -0.05) is 29.3 Å². The highest BCUT2D eigenvalue weighted by atomic mass is 35.5. The molecule has 0 atom stereocenters. The zero-order valence-corrected chi connectivity index (χ0v) is 15.7. The normalized spacial score (nSPS) is 11.2. The molecule has 0 aromatic heterocycles. The molecule has 0 saturated carbocycles. The average Bonchev–Trinajstić information content (AvgIpc) is 2.60. The molecule has 0 fully saturated rings. The van der Waals surface area contributed by atoms with Crippen LogP contribution in [0.15, 0.2) is 41.3 Å². The summed E-state index contributed by atoms with van der Waals surface area (Å²) in [5.41, 5.74) is 0.649. The molecule has 0 heterocycles. The Kier molecular flexibility index (Phi) is 6.29. The molecule has 0 spiro atoms. The Balaban J connectivity index is 2.23. The van der Waals surface area contributed by atoms with Crippen molar-refractivity contribution in [2.75, 3.05) is 14.2 Å². The molecule has 25 heavy (non-hydrogen) atoms. The second-order valence-corrected chi connectivity index (χ2v) is 7.58. The number of halogens is 2. The SMILES string of the molecule is CNS(=O)(=O)c1cc(C(=O)OCc2ccc(Cl)cc2Cl)ccc1OC. The van der Waals surface area contributed by atoms with Gasteiger partial charge in [-0.05, 0) is 37.4 Å². The van der Waals surface area contributed by atoms with Gasteiger partial charge in [-0.25, -0.2) is 17.9 Å². The highest BCUT2D eigenvalue weighted by Gasteiger charge is 2.20. The molecule has 0 radical (unpaired) electrons. The summed E-state index contributed by atoms with van der Waals surface area (Å²) in [7, 11) is -1.19. The monoisotopic (exact) mass is 403 g/mol. The third-order valence-electron chi connectivity index (χ3n) is 3.33. The number of benzene rings is 2. The van der Waals surface area contributed by atoms with Crippen molar-refractivity contribution in [3.05, 3.63) is 57.6 Å². The van der Waals surface area contributed by atoms with Gasteiger partial charge in [0.05, 0.1) is 12.7 Å². The van der Waals surface area contributed by atoms with E-state index in [9.17, 15) is 13.2 Å². The molecule has 0 unspecified atom stereocenters. The van der Waals surface area contributed by atoms with Gasteiger partial charge in [-0.15, -0.1) is 0 Å². The van der Waals surface area contributed by atoms with Crippen LogP contribution in [0.2, 0.25) is 10.0 Å². The molecular formula is C16H15Cl2NO5S. The molecule has 1 N–H and O–H groups in total. The van der Waals surface area contributed by atoms with Gasteiger partial charge >= 0.3 is 5.97 Å². The molecule has 0 saturated heterocycles. The van der Waals surface area contributed by atoms with Crippen LogP contribution >= 0.6 is 23.2 Å². The van der Waals surface area contributed by atoms with Gasteiger partial charge in [0, 0.05) is 15.6 Å². The minimum atomic E-state index is -3.79. The fraction of sp³-hybridized carbons (Fsp3) is 0.188.